The van der Waals surface area contributed by atoms with Gasteiger partial charge in [-0.15, -0.1) is 0 Å². The van der Waals surface area contributed by atoms with Crippen molar-refractivity contribution in [2.75, 3.05) is 38.6 Å². The molecule has 2 unspecified atom stereocenters. The smallest absolute Gasteiger partial charge is 0.243 e. The number of amides is 2. The SMILES string of the molecule is CCc1ccccc1NC(=O)CN(C)C(=O)C(C)N1CCOC(c2ccccc2Cl)C1. The molecule has 1 saturated heterocycles. The normalized spacial score (nSPS) is 17.7. The van der Waals surface area contributed by atoms with E-state index in [0.717, 1.165) is 23.2 Å². The first-order valence-corrected chi connectivity index (χ1v) is 11.0. The summed E-state index contributed by atoms with van der Waals surface area (Å²) < 4.78 is 5.90. The van der Waals surface area contributed by atoms with Gasteiger partial charge in [0.05, 0.1) is 25.3 Å². The van der Waals surface area contributed by atoms with Gasteiger partial charge in [-0.25, -0.2) is 0 Å². The molecule has 0 saturated carbocycles. The van der Waals surface area contributed by atoms with Crippen LogP contribution in [-0.4, -0.2) is 60.9 Å². The summed E-state index contributed by atoms with van der Waals surface area (Å²) in [5, 5.41) is 3.58. The number of carbonyl (C=O) groups is 2. The van der Waals surface area contributed by atoms with Crippen LogP contribution in [0, 0.1) is 0 Å². The molecule has 0 spiro atoms. The fourth-order valence-corrected chi connectivity index (χ4v) is 4.11. The molecule has 1 heterocycles. The lowest BCUT2D eigenvalue weighted by Crippen LogP contribution is -2.51. The number of anilines is 1. The average Bonchev–Trinajstić information content (AvgIpc) is 2.78. The van der Waals surface area contributed by atoms with Crippen LogP contribution >= 0.6 is 11.6 Å². The van der Waals surface area contributed by atoms with Gasteiger partial charge in [0.2, 0.25) is 11.8 Å². The molecule has 1 fully saturated rings. The van der Waals surface area contributed by atoms with Gasteiger partial charge in [0.15, 0.2) is 0 Å². The van der Waals surface area contributed by atoms with Gasteiger partial charge in [0.1, 0.15) is 0 Å². The Bertz CT molecular complexity index is 920. The number of rotatable bonds is 7. The van der Waals surface area contributed by atoms with E-state index >= 15 is 0 Å². The average molecular weight is 444 g/mol. The molecule has 6 nitrogen and oxygen atoms in total. The minimum Gasteiger partial charge on any atom is -0.371 e. The maximum absolute atomic E-state index is 13.0. The van der Waals surface area contributed by atoms with E-state index in [4.69, 9.17) is 16.3 Å². The molecule has 3 rings (SSSR count). The summed E-state index contributed by atoms with van der Waals surface area (Å²) in [6, 6.07) is 15.0. The molecule has 2 aromatic rings. The molecule has 1 N–H and O–H groups in total. The second-order valence-corrected chi connectivity index (χ2v) is 8.21. The van der Waals surface area contributed by atoms with Crippen molar-refractivity contribution in [2.45, 2.75) is 32.4 Å². The van der Waals surface area contributed by atoms with Crippen molar-refractivity contribution < 1.29 is 14.3 Å². The zero-order valence-corrected chi connectivity index (χ0v) is 19.1. The number of carbonyl (C=O) groups excluding carboxylic acids is 2. The van der Waals surface area contributed by atoms with E-state index in [1.165, 1.54) is 4.90 Å². The van der Waals surface area contributed by atoms with Crippen LogP contribution in [0.1, 0.15) is 31.1 Å². The number of halogens is 1. The molecule has 2 aromatic carbocycles. The number of ether oxygens (including phenoxy) is 1. The van der Waals surface area contributed by atoms with E-state index in [2.05, 4.69) is 10.2 Å². The number of likely N-dealkylation sites (N-methyl/N-ethyl adjacent to an activating group) is 1. The summed E-state index contributed by atoms with van der Waals surface area (Å²) in [6.45, 7) is 5.65. The molecule has 0 radical (unpaired) electrons. The van der Waals surface area contributed by atoms with Crippen LogP contribution in [0.25, 0.3) is 0 Å². The topological polar surface area (TPSA) is 61.9 Å². The summed E-state index contributed by atoms with van der Waals surface area (Å²) in [6.07, 6.45) is 0.642. The third-order valence-electron chi connectivity index (χ3n) is 5.68. The molecule has 166 valence electrons. The van der Waals surface area contributed by atoms with Crippen molar-refractivity contribution in [3.63, 3.8) is 0 Å². The van der Waals surface area contributed by atoms with Gasteiger partial charge < -0.3 is 15.0 Å². The Morgan fingerprint density at radius 3 is 2.68 bits per heavy atom. The molecule has 2 atom stereocenters. The van der Waals surface area contributed by atoms with E-state index < -0.39 is 0 Å². The maximum Gasteiger partial charge on any atom is 0.243 e. The number of hydrogen-bond acceptors (Lipinski definition) is 4. The third-order valence-corrected chi connectivity index (χ3v) is 6.03. The lowest BCUT2D eigenvalue weighted by molar-refractivity contribution is -0.140. The summed E-state index contributed by atoms with van der Waals surface area (Å²) in [5.41, 5.74) is 2.78. The first kappa shape index (κ1) is 23.3. The predicted molar refractivity (Wildman–Crippen MR) is 123 cm³/mol. The Morgan fingerprint density at radius 1 is 1.23 bits per heavy atom. The Hall–Kier alpha value is -2.41. The largest absolute Gasteiger partial charge is 0.371 e. The minimum absolute atomic E-state index is 0.000492. The van der Waals surface area contributed by atoms with Gasteiger partial charge in [-0.1, -0.05) is 54.9 Å². The molecular weight excluding hydrogens is 414 g/mol. The number of nitrogens with one attached hydrogen (secondary N) is 1. The van der Waals surface area contributed by atoms with E-state index in [1.807, 2.05) is 62.4 Å². The van der Waals surface area contributed by atoms with Crippen molar-refractivity contribution in [1.29, 1.82) is 0 Å². The Labute approximate surface area is 189 Å². The Kier molecular flexibility index (Phi) is 8.07. The molecule has 2 amide bonds. The van der Waals surface area contributed by atoms with Gasteiger partial charge in [0, 0.05) is 36.4 Å². The summed E-state index contributed by atoms with van der Waals surface area (Å²) in [7, 11) is 1.66. The molecule has 7 heteroatoms. The van der Waals surface area contributed by atoms with Crippen LogP contribution in [-0.2, 0) is 20.7 Å². The van der Waals surface area contributed by atoms with Crippen LogP contribution < -0.4 is 5.32 Å². The fourth-order valence-electron chi connectivity index (χ4n) is 3.85. The number of aryl methyl sites for hydroxylation is 1. The van der Waals surface area contributed by atoms with E-state index in [9.17, 15) is 9.59 Å². The van der Waals surface area contributed by atoms with Crippen molar-refractivity contribution >= 4 is 29.1 Å². The standard InChI is InChI=1S/C24H30ClN3O3/c1-4-18-9-5-8-12-21(18)26-23(29)16-27(3)24(30)17(2)28-13-14-31-22(15-28)19-10-6-7-11-20(19)25/h5-12,17,22H,4,13-16H2,1-3H3,(H,26,29). The van der Waals surface area contributed by atoms with E-state index in [0.29, 0.717) is 24.7 Å². The van der Waals surface area contributed by atoms with Gasteiger partial charge in [-0.3, -0.25) is 14.5 Å². The quantitative estimate of drug-likeness (QED) is 0.707. The first-order chi connectivity index (χ1) is 14.9. The van der Waals surface area contributed by atoms with Crippen LogP contribution in [0.2, 0.25) is 5.02 Å². The Morgan fingerprint density at radius 2 is 1.94 bits per heavy atom. The van der Waals surface area contributed by atoms with Gasteiger partial charge in [-0.2, -0.15) is 0 Å². The van der Waals surface area contributed by atoms with Crippen LogP contribution in [0.3, 0.4) is 0 Å². The van der Waals surface area contributed by atoms with Crippen molar-refractivity contribution in [3.8, 4) is 0 Å². The highest BCUT2D eigenvalue weighted by molar-refractivity contribution is 6.31. The van der Waals surface area contributed by atoms with Gasteiger partial charge >= 0.3 is 0 Å². The highest BCUT2D eigenvalue weighted by Crippen LogP contribution is 2.29. The van der Waals surface area contributed by atoms with Crippen molar-refractivity contribution in [2.24, 2.45) is 0 Å². The Balaban J connectivity index is 1.58. The van der Waals surface area contributed by atoms with E-state index in [-0.39, 0.29) is 30.5 Å². The predicted octanol–water partition coefficient (Wildman–Crippen LogP) is 3.76. The summed E-state index contributed by atoms with van der Waals surface area (Å²) >= 11 is 6.33. The number of para-hydroxylation sites is 1. The third kappa shape index (κ3) is 5.85. The summed E-state index contributed by atoms with van der Waals surface area (Å²) in [4.78, 5) is 29.1. The molecule has 31 heavy (non-hydrogen) atoms. The molecular formula is C24H30ClN3O3. The molecule has 1 aliphatic heterocycles. The lowest BCUT2D eigenvalue weighted by Gasteiger charge is -2.37. The number of nitrogens with zero attached hydrogens (tertiary/aromatic N) is 2. The van der Waals surface area contributed by atoms with Crippen LogP contribution in [0.4, 0.5) is 5.69 Å². The number of hydrogen-bond donors (Lipinski definition) is 1. The van der Waals surface area contributed by atoms with E-state index in [1.54, 1.807) is 7.05 Å². The maximum atomic E-state index is 13.0. The monoisotopic (exact) mass is 443 g/mol. The van der Waals surface area contributed by atoms with Crippen LogP contribution in [0.5, 0.6) is 0 Å². The van der Waals surface area contributed by atoms with Crippen LogP contribution in [0.15, 0.2) is 48.5 Å². The zero-order valence-electron chi connectivity index (χ0n) is 18.3. The van der Waals surface area contributed by atoms with Crippen molar-refractivity contribution in [3.05, 3.63) is 64.7 Å². The van der Waals surface area contributed by atoms with Gasteiger partial charge in [0.25, 0.3) is 0 Å². The molecule has 1 aliphatic rings. The second kappa shape index (κ2) is 10.8. The summed E-state index contributed by atoms with van der Waals surface area (Å²) in [5.74, 6) is -0.307. The zero-order chi connectivity index (χ0) is 22.4. The highest BCUT2D eigenvalue weighted by atomic mass is 35.5. The molecule has 0 aromatic heterocycles. The number of benzene rings is 2. The lowest BCUT2D eigenvalue weighted by atomic mass is 10.1. The molecule has 0 bridgehead atoms. The number of morpholine rings is 1. The highest BCUT2D eigenvalue weighted by Gasteiger charge is 2.31. The van der Waals surface area contributed by atoms with Crippen molar-refractivity contribution in [1.82, 2.24) is 9.80 Å². The second-order valence-electron chi connectivity index (χ2n) is 7.81. The molecule has 0 aliphatic carbocycles. The van der Waals surface area contributed by atoms with Gasteiger partial charge in [-0.05, 0) is 31.0 Å². The fraction of sp³-hybridized carbons (Fsp3) is 0.417. The minimum atomic E-state index is -0.366. The first-order valence-electron chi connectivity index (χ1n) is 10.6.